The number of benzene rings is 1. The number of aromatic hydroxyl groups is 3. The van der Waals surface area contributed by atoms with E-state index in [1.165, 1.54) is 12.1 Å². The van der Waals surface area contributed by atoms with Gasteiger partial charge in [0, 0.05) is 6.54 Å². The Morgan fingerprint density at radius 2 is 1.55 bits per heavy atom. The summed E-state index contributed by atoms with van der Waals surface area (Å²) in [5.41, 5.74) is 5.80. The van der Waals surface area contributed by atoms with Gasteiger partial charge in [0.05, 0.1) is 0 Å². The average Bonchev–Trinajstić information content (AvgIpc) is 1.99. The fourth-order valence-corrected chi connectivity index (χ4v) is 0.779. The maximum Gasteiger partial charge on any atom is 0.200 e. The molecule has 0 aliphatic carbocycles. The van der Waals surface area contributed by atoms with Crippen LogP contribution in [0.2, 0.25) is 0 Å². The molecule has 0 bridgehead atoms. The highest BCUT2D eigenvalue weighted by atomic mass is 16.3. The van der Waals surface area contributed by atoms with Crippen LogP contribution < -0.4 is 5.73 Å². The summed E-state index contributed by atoms with van der Waals surface area (Å²) in [5, 5.41) is 26.8. The van der Waals surface area contributed by atoms with Crippen molar-refractivity contribution in [3.05, 3.63) is 17.7 Å². The molecule has 0 radical (unpaired) electrons. The number of hydrogen-bond donors (Lipinski definition) is 4. The first kappa shape index (κ1) is 7.68. The first-order valence-corrected chi connectivity index (χ1v) is 3.09. The van der Waals surface area contributed by atoms with Crippen molar-refractivity contribution in [1.82, 2.24) is 0 Å². The van der Waals surface area contributed by atoms with E-state index in [4.69, 9.17) is 21.1 Å². The third kappa shape index (κ3) is 1.35. The average molecular weight is 155 g/mol. The molecule has 0 heterocycles. The lowest BCUT2D eigenvalue weighted by atomic mass is 10.2. The second-order valence-corrected chi connectivity index (χ2v) is 2.19. The number of nitrogens with two attached hydrogens (primary N) is 1. The van der Waals surface area contributed by atoms with E-state index in [0.29, 0.717) is 5.56 Å². The molecule has 0 saturated heterocycles. The number of phenolic OH excluding ortho intramolecular Hbond substituents is 3. The van der Waals surface area contributed by atoms with Gasteiger partial charge in [-0.25, -0.2) is 0 Å². The zero-order valence-electron chi connectivity index (χ0n) is 5.78. The van der Waals surface area contributed by atoms with Crippen molar-refractivity contribution in [1.29, 1.82) is 0 Å². The van der Waals surface area contributed by atoms with E-state index in [1.54, 1.807) is 0 Å². The maximum absolute atomic E-state index is 8.95. The number of phenols is 3. The summed E-state index contributed by atoms with van der Waals surface area (Å²) in [4.78, 5) is 0. The summed E-state index contributed by atoms with van der Waals surface area (Å²) in [5.74, 6) is -1.22. The fraction of sp³-hybridized carbons (Fsp3) is 0.143. The quantitative estimate of drug-likeness (QED) is 0.438. The minimum absolute atomic E-state index is 0.210. The van der Waals surface area contributed by atoms with Crippen LogP contribution >= 0.6 is 0 Å². The summed E-state index contributed by atoms with van der Waals surface area (Å²) in [6.07, 6.45) is 0. The van der Waals surface area contributed by atoms with E-state index in [1.807, 2.05) is 0 Å². The third-order valence-corrected chi connectivity index (χ3v) is 1.37. The molecule has 0 spiro atoms. The van der Waals surface area contributed by atoms with Crippen LogP contribution in [0.1, 0.15) is 5.56 Å². The highest BCUT2D eigenvalue weighted by molar-refractivity contribution is 5.50. The molecule has 5 N–H and O–H groups in total. The van der Waals surface area contributed by atoms with Gasteiger partial charge in [0.1, 0.15) is 0 Å². The van der Waals surface area contributed by atoms with E-state index in [9.17, 15) is 0 Å². The highest BCUT2D eigenvalue weighted by Crippen LogP contribution is 2.34. The van der Waals surface area contributed by atoms with Crippen LogP contribution in [0.3, 0.4) is 0 Å². The molecule has 0 unspecified atom stereocenters. The second-order valence-electron chi connectivity index (χ2n) is 2.19. The Labute approximate surface area is 63.5 Å². The van der Waals surface area contributed by atoms with Gasteiger partial charge in [-0.05, 0) is 17.7 Å². The summed E-state index contributed by atoms with van der Waals surface area (Å²) in [7, 11) is 0. The van der Waals surface area contributed by atoms with E-state index >= 15 is 0 Å². The van der Waals surface area contributed by atoms with Crippen molar-refractivity contribution in [2.24, 2.45) is 5.73 Å². The SMILES string of the molecule is NCc1cc(O)c(O)c(O)c1. The molecule has 4 nitrogen and oxygen atoms in total. The van der Waals surface area contributed by atoms with Crippen molar-refractivity contribution in [2.45, 2.75) is 6.54 Å². The molecule has 60 valence electrons. The summed E-state index contributed by atoms with van der Waals surface area (Å²) >= 11 is 0. The standard InChI is InChI=1S/C7H9NO3/c8-3-4-1-5(9)7(11)6(10)2-4/h1-2,9-11H,3,8H2. The molecule has 0 amide bonds. The first-order chi connectivity index (χ1) is 5.15. The molecule has 1 aromatic carbocycles. The molecule has 0 atom stereocenters. The van der Waals surface area contributed by atoms with Gasteiger partial charge in [0.2, 0.25) is 0 Å². The largest absolute Gasteiger partial charge is 0.504 e. The molecule has 0 saturated carbocycles. The monoisotopic (exact) mass is 155 g/mol. The van der Waals surface area contributed by atoms with Gasteiger partial charge < -0.3 is 21.1 Å². The zero-order chi connectivity index (χ0) is 8.43. The third-order valence-electron chi connectivity index (χ3n) is 1.37. The Kier molecular flexibility index (Phi) is 1.87. The summed E-state index contributed by atoms with van der Waals surface area (Å²) in [6, 6.07) is 2.60. The lowest BCUT2D eigenvalue weighted by molar-refractivity contribution is 0.367. The van der Waals surface area contributed by atoms with E-state index in [0.717, 1.165) is 0 Å². The van der Waals surface area contributed by atoms with Crippen LogP contribution in [0.25, 0.3) is 0 Å². The number of rotatable bonds is 1. The molecular formula is C7H9NO3. The van der Waals surface area contributed by atoms with Gasteiger partial charge in [-0.1, -0.05) is 0 Å². The molecule has 1 aromatic rings. The summed E-state index contributed by atoms with van der Waals surface area (Å²) < 4.78 is 0. The lowest BCUT2D eigenvalue weighted by Crippen LogP contribution is -1.95. The van der Waals surface area contributed by atoms with Gasteiger partial charge in [-0.15, -0.1) is 0 Å². The van der Waals surface area contributed by atoms with Crippen molar-refractivity contribution < 1.29 is 15.3 Å². The molecular weight excluding hydrogens is 146 g/mol. The Hall–Kier alpha value is -1.42. The van der Waals surface area contributed by atoms with Crippen LogP contribution in [0.15, 0.2) is 12.1 Å². The predicted molar refractivity (Wildman–Crippen MR) is 39.3 cm³/mol. The molecule has 1 rings (SSSR count). The second kappa shape index (κ2) is 2.67. The van der Waals surface area contributed by atoms with Crippen LogP contribution in [0.5, 0.6) is 17.2 Å². The van der Waals surface area contributed by atoms with Crippen LogP contribution in [0.4, 0.5) is 0 Å². The molecule has 0 aliphatic rings. The van der Waals surface area contributed by atoms with Crippen molar-refractivity contribution in [3.63, 3.8) is 0 Å². The molecule has 11 heavy (non-hydrogen) atoms. The fourth-order valence-electron chi connectivity index (χ4n) is 0.779. The molecule has 0 aliphatic heterocycles. The molecule has 4 heteroatoms. The smallest absolute Gasteiger partial charge is 0.200 e. The van der Waals surface area contributed by atoms with E-state index in [-0.39, 0.29) is 18.0 Å². The van der Waals surface area contributed by atoms with Crippen molar-refractivity contribution >= 4 is 0 Å². The Bertz CT molecular complexity index is 249. The zero-order valence-corrected chi connectivity index (χ0v) is 5.78. The van der Waals surface area contributed by atoms with E-state index in [2.05, 4.69) is 0 Å². The first-order valence-electron chi connectivity index (χ1n) is 3.09. The molecule has 0 fully saturated rings. The van der Waals surface area contributed by atoms with Crippen molar-refractivity contribution in [3.8, 4) is 17.2 Å². The van der Waals surface area contributed by atoms with Crippen LogP contribution in [-0.4, -0.2) is 15.3 Å². The summed E-state index contributed by atoms with van der Waals surface area (Å²) in [6.45, 7) is 0.210. The van der Waals surface area contributed by atoms with E-state index < -0.39 is 5.75 Å². The lowest BCUT2D eigenvalue weighted by Gasteiger charge is -2.02. The van der Waals surface area contributed by atoms with Gasteiger partial charge >= 0.3 is 0 Å². The topological polar surface area (TPSA) is 86.7 Å². The van der Waals surface area contributed by atoms with Crippen molar-refractivity contribution in [2.75, 3.05) is 0 Å². The number of hydrogen-bond acceptors (Lipinski definition) is 4. The minimum atomic E-state index is -0.512. The Morgan fingerprint density at radius 3 is 1.91 bits per heavy atom. The Morgan fingerprint density at radius 1 is 1.09 bits per heavy atom. The Balaban J connectivity index is 3.21. The van der Waals surface area contributed by atoms with Gasteiger partial charge in [0.25, 0.3) is 0 Å². The minimum Gasteiger partial charge on any atom is -0.504 e. The van der Waals surface area contributed by atoms with Gasteiger partial charge in [-0.2, -0.15) is 0 Å². The predicted octanol–water partition coefficient (Wildman–Crippen LogP) is 0.262. The van der Waals surface area contributed by atoms with Crippen LogP contribution in [0, 0.1) is 0 Å². The van der Waals surface area contributed by atoms with Gasteiger partial charge in [0.15, 0.2) is 17.2 Å². The normalized spacial score (nSPS) is 9.91. The maximum atomic E-state index is 8.95. The van der Waals surface area contributed by atoms with Crippen LogP contribution in [-0.2, 0) is 6.54 Å². The molecule has 0 aromatic heterocycles. The highest BCUT2D eigenvalue weighted by Gasteiger charge is 2.06. The van der Waals surface area contributed by atoms with Gasteiger partial charge in [-0.3, -0.25) is 0 Å².